The molecule has 1 heterocycles. The van der Waals surface area contributed by atoms with E-state index < -0.39 is 17.5 Å². The van der Waals surface area contributed by atoms with Crippen LogP contribution in [0.1, 0.15) is 16.7 Å². The number of carboxylic acids is 1. The summed E-state index contributed by atoms with van der Waals surface area (Å²) in [6, 6.07) is 23.2. The lowest BCUT2D eigenvalue weighted by Crippen LogP contribution is -2.42. The molecule has 5 nitrogen and oxygen atoms in total. The van der Waals surface area contributed by atoms with Crippen molar-refractivity contribution in [3.63, 3.8) is 0 Å². The largest absolute Gasteiger partial charge is 0.481 e. The van der Waals surface area contributed by atoms with E-state index in [9.17, 15) is 15.0 Å². The van der Waals surface area contributed by atoms with Crippen LogP contribution in [-0.4, -0.2) is 23.0 Å². The van der Waals surface area contributed by atoms with Gasteiger partial charge in [0.05, 0.1) is 5.92 Å². The van der Waals surface area contributed by atoms with Crippen LogP contribution in [0.2, 0.25) is 0 Å². The summed E-state index contributed by atoms with van der Waals surface area (Å²) in [6.45, 7) is 0.152. The minimum Gasteiger partial charge on any atom is -0.481 e. The number of aliphatic hydroxyl groups is 1. The van der Waals surface area contributed by atoms with Gasteiger partial charge in [-0.1, -0.05) is 66.7 Å². The lowest BCUT2D eigenvalue weighted by atomic mass is 9.73. The fourth-order valence-corrected chi connectivity index (χ4v) is 3.67. The van der Waals surface area contributed by atoms with Gasteiger partial charge in [0.25, 0.3) is 0 Å². The van der Waals surface area contributed by atoms with Crippen molar-refractivity contribution >= 4 is 5.97 Å². The number of aliphatic carboxylic acids is 1. The van der Waals surface area contributed by atoms with Crippen molar-refractivity contribution in [3.05, 3.63) is 95.6 Å². The van der Waals surface area contributed by atoms with Gasteiger partial charge in [0.2, 0.25) is 6.79 Å². The molecule has 5 heteroatoms. The van der Waals surface area contributed by atoms with Crippen molar-refractivity contribution in [1.29, 1.82) is 0 Å². The number of hydrogen-bond donors (Lipinski definition) is 2. The molecule has 1 aliphatic heterocycles. The summed E-state index contributed by atoms with van der Waals surface area (Å²) >= 11 is 0. The fraction of sp³-hybridized carbons (Fsp3) is 0.174. The van der Waals surface area contributed by atoms with Crippen LogP contribution in [0.3, 0.4) is 0 Å². The van der Waals surface area contributed by atoms with E-state index in [-0.39, 0.29) is 13.2 Å². The highest BCUT2D eigenvalue weighted by molar-refractivity contribution is 5.74. The highest BCUT2D eigenvalue weighted by Crippen LogP contribution is 2.40. The summed E-state index contributed by atoms with van der Waals surface area (Å²) in [5.41, 5.74) is 0.135. The Hall–Kier alpha value is -3.31. The number of hydrogen-bond acceptors (Lipinski definition) is 4. The van der Waals surface area contributed by atoms with Gasteiger partial charge in [-0.05, 0) is 35.2 Å². The molecule has 0 amide bonds. The number of ether oxygens (including phenoxy) is 2. The third kappa shape index (κ3) is 3.21. The smallest absolute Gasteiger partial charge is 0.310 e. The Morgan fingerprint density at radius 1 is 0.893 bits per heavy atom. The second-order valence-corrected chi connectivity index (χ2v) is 6.78. The molecule has 0 bridgehead atoms. The predicted molar refractivity (Wildman–Crippen MR) is 103 cm³/mol. The number of rotatable bonds is 6. The number of carboxylic acid groups (broad SMARTS) is 1. The van der Waals surface area contributed by atoms with Crippen LogP contribution in [0.25, 0.3) is 0 Å². The first kappa shape index (κ1) is 18.1. The molecule has 0 saturated heterocycles. The van der Waals surface area contributed by atoms with E-state index in [1.807, 2.05) is 12.1 Å². The molecule has 3 aromatic rings. The average molecular weight is 376 g/mol. The van der Waals surface area contributed by atoms with Crippen LogP contribution < -0.4 is 9.47 Å². The Labute approximate surface area is 162 Å². The van der Waals surface area contributed by atoms with Crippen molar-refractivity contribution in [3.8, 4) is 11.5 Å². The molecule has 0 radical (unpaired) electrons. The maximum Gasteiger partial charge on any atom is 0.310 e. The number of benzene rings is 3. The molecule has 0 fully saturated rings. The molecule has 2 N–H and O–H groups in total. The summed E-state index contributed by atoms with van der Waals surface area (Å²) < 4.78 is 10.7. The third-order valence-corrected chi connectivity index (χ3v) is 5.11. The van der Waals surface area contributed by atoms with E-state index >= 15 is 0 Å². The van der Waals surface area contributed by atoms with Gasteiger partial charge in [-0.3, -0.25) is 4.79 Å². The first-order valence-corrected chi connectivity index (χ1v) is 9.04. The normalized spacial score (nSPS) is 13.9. The zero-order valence-corrected chi connectivity index (χ0v) is 15.1. The Balaban J connectivity index is 1.79. The lowest BCUT2D eigenvalue weighted by molar-refractivity contribution is -0.150. The molecule has 0 spiro atoms. The Bertz CT molecular complexity index is 929. The topological polar surface area (TPSA) is 76.0 Å². The van der Waals surface area contributed by atoms with Crippen molar-refractivity contribution in [1.82, 2.24) is 0 Å². The maximum absolute atomic E-state index is 12.3. The molecule has 1 unspecified atom stereocenters. The van der Waals surface area contributed by atoms with Crippen LogP contribution in [0.4, 0.5) is 0 Å². The lowest BCUT2D eigenvalue weighted by Gasteiger charge is -2.35. The quantitative estimate of drug-likeness (QED) is 0.688. The van der Waals surface area contributed by atoms with Gasteiger partial charge in [-0.25, -0.2) is 0 Å². The second-order valence-electron chi connectivity index (χ2n) is 6.78. The van der Waals surface area contributed by atoms with Crippen LogP contribution in [0.15, 0.2) is 78.9 Å². The van der Waals surface area contributed by atoms with Gasteiger partial charge in [-0.15, -0.1) is 0 Å². The van der Waals surface area contributed by atoms with Crippen LogP contribution >= 0.6 is 0 Å². The molecule has 142 valence electrons. The third-order valence-electron chi connectivity index (χ3n) is 5.11. The van der Waals surface area contributed by atoms with Crippen molar-refractivity contribution in [2.24, 2.45) is 5.92 Å². The summed E-state index contributed by atoms with van der Waals surface area (Å²) in [5.74, 6) is -0.952. The average Bonchev–Trinajstić information content (AvgIpc) is 3.20. The monoisotopic (exact) mass is 376 g/mol. The second kappa shape index (κ2) is 7.37. The van der Waals surface area contributed by atoms with Gasteiger partial charge < -0.3 is 19.7 Å². The van der Waals surface area contributed by atoms with E-state index in [0.717, 1.165) is 5.56 Å². The van der Waals surface area contributed by atoms with Gasteiger partial charge in [-0.2, -0.15) is 0 Å². The van der Waals surface area contributed by atoms with E-state index in [0.29, 0.717) is 22.6 Å². The molecular weight excluding hydrogens is 356 g/mol. The van der Waals surface area contributed by atoms with E-state index in [2.05, 4.69) is 0 Å². The molecular formula is C23H20O5. The zero-order chi connectivity index (χ0) is 19.6. The Kier molecular flexibility index (Phi) is 4.75. The van der Waals surface area contributed by atoms with E-state index in [4.69, 9.17) is 9.47 Å². The van der Waals surface area contributed by atoms with E-state index in [1.165, 1.54) is 0 Å². The fourth-order valence-electron chi connectivity index (χ4n) is 3.67. The van der Waals surface area contributed by atoms with Crippen molar-refractivity contribution < 1.29 is 24.5 Å². The highest BCUT2D eigenvalue weighted by atomic mass is 16.7. The van der Waals surface area contributed by atoms with Crippen LogP contribution in [0.5, 0.6) is 11.5 Å². The van der Waals surface area contributed by atoms with Gasteiger partial charge in [0.15, 0.2) is 11.5 Å². The molecule has 0 aromatic heterocycles. The first-order chi connectivity index (χ1) is 13.6. The zero-order valence-electron chi connectivity index (χ0n) is 15.1. The molecule has 1 atom stereocenters. The highest BCUT2D eigenvalue weighted by Gasteiger charge is 2.44. The minimum atomic E-state index is -1.69. The number of fused-ring (bicyclic) bond motifs is 1. The molecule has 28 heavy (non-hydrogen) atoms. The van der Waals surface area contributed by atoms with Crippen molar-refractivity contribution in [2.45, 2.75) is 12.0 Å². The van der Waals surface area contributed by atoms with Crippen molar-refractivity contribution in [2.75, 3.05) is 6.79 Å². The molecule has 0 saturated carbocycles. The minimum absolute atomic E-state index is 0.131. The Morgan fingerprint density at radius 3 is 2.04 bits per heavy atom. The number of carbonyl (C=O) groups is 1. The predicted octanol–water partition coefficient (Wildman–Crippen LogP) is 3.59. The SMILES string of the molecule is O=C(O)C(Cc1ccc2c(c1)OCO2)C(O)(c1ccccc1)c1ccccc1. The van der Waals surface area contributed by atoms with E-state index in [1.54, 1.807) is 66.7 Å². The van der Waals surface area contributed by atoms with Gasteiger partial charge >= 0.3 is 5.97 Å². The molecule has 0 aliphatic carbocycles. The van der Waals surface area contributed by atoms with Crippen LogP contribution in [0, 0.1) is 5.92 Å². The van der Waals surface area contributed by atoms with Gasteiger partial charge in [0.1, 0.15) is 5.60 Å². The molecule has 1 aliphatic rings. The standard InChI is InChI=1S/C23H20O5/c24-22(25)19(13-16-11-12-20-21(14-16)28-15-27-20)23(26,17-7-3-1-4-8-17)18-9-5-2-6-10-18/h1-12,14,19,26H,13,15H2,(H,24,25). The summed E-state index contributed by atoms with van der Waals surface area (Å²) in [4.78, 5) is 12.3. The summed E-state index contributed by atoms with van der Waals surface area (Å²) in [7, 11) is 0. The summed E-state index contributed by atoms with van der Waals surface area (Å²) in [5, 5.41) is 21.9. The summed E-state index contributed by atoms with van der Waals surface area (Å²) in [6.07, 6.45) is 0.131. The first-order valence-electron chi connectivity index (χ1n) is 9.04. The molecule has 3 aromatic carbocycles. The molecule has 4 rings (SSSR count). The van der Waals surface area contributed by atoms with Crippen LogP contribution in [-0.2, 0) is 16.8 Å². The maximum atomic E-state index is 12.3. The van der Waals surface area contributed by atoms with Gasteiger partial charge in [0, 0.05) is 0 Å². The Morgan fingerprint density at radius 2 is 1.46 bits per heavy atom.